The van der Waals surface area contributed by atoms with Crippen LogP contribution in [0.5, 0.6) is 0 Å². The molecule has 0 saturated carbocycles. The molecule has 1 heterocycles. The van der Waals surface area contributed by atoms with Crippen molar-refractivity contribution in [1.29, 1.82) is 0 Å². The van der Waals surface area contributed by atoms with E-state index in [1.807, 2.05) is 0 Å². The fraction of sp³-hybridized carbons (Fsp3) is 0.500. The Morgan fingerprint density at radius 1 is 1.20 bits per heavy atom. The minimum Gasteiger partial charge on any atom is -0.378 e. The summed E-state index contributed by atoms with van der Waals surface area (Å²) in [5.74, 6) is 0. The highest BCUT2D eigenvalue weighted by Gasteiger charge is 2.13. The average Bonchev–Trinajstić information content (AvgIpc) is 2.31. The van der Waals surface area contributed by atoms with E-state index in [-0.39, 0.29) is 0 Å². The number of nitrogens with two attached hydrogens (primary N) is 1. The molecule has 1 aliphatic heterocycles. The molecule has 2 rings (SSSR count). The number of hydrogen-bond acceptors (Lipinski definition) is 3. The standard InChI is InChI=1S/C12H18N2O/c13-6-5-11-3-1-2-4-12(11)14-7-9-15-10-8-14/h1-4H,5-10,13H2. The number of benzene rings is 1. The quantitative estimate of drug-likeness (QED) is 0.802. The number of hydrogen-bond donors (Lipinski definition) is 1. The minimum atomic E-state index is 0.710. The van der Waals surface area contributed by atoms with Gasteiger partial charge in [-0.2, -0.15) is 0 Å². The fourth-order valence-corrected chi connectivity index (χ4v) is 1.99. The average molecular weight is 206 g/mol. The zero-order chi connectivity index (χ0) is 10.5. The summed E-state index contributed by atoms with van der Waals surface area (Å²) in [6, 6.07) is 8.51. The predicted octanol–water partition coefficient (Wildman–Crippen LogP) is 1.02. The van der Waals surface area contributed by atoms with Crippen LogP contribution in [0.25, 0.3) is 0 Å². The summed E-state index contributed by atoms with van der Waals surface area (Å²) < 4.78 is 5.35. The van der Waals surface area contributed by atoms with Crippen LogP contribution in [-0.2, 0) is 11.2 Å². The van der Waals surface area contributed by atoms with E-state index in [0.717, 1.165) is 32.7 Å². The van der Waals surface area contributed by atoms with Gasteiger partial charge in [-0.3, -0.25) is 0 Å². The van der Waals surface area contributed by atoms with Crippen LogP contribution in [0.2, 0.25) is 0 Å². The molecule has 1 fully saturated rings. The van der Waals surface area contributed by atoms with Gasteiger partial charge in [-0.15, -0.1) is 0 Å². The molecule has 82 valence electrons. The zero-order valence-electron chi connectivity index (χ0n) is 8.98. The summed E-state index contributed by atoms with van der Waals surface area (Å²) in [5.41, 5.74) is 8.29. The molecule has 3 heteroatoms. The van der Waals surface area contributed by atoms with Crippen LogP contribution in [0.4, 0.5) is 5.69 Å². The largest absolute Gasteiger partial charge is 0.378 e. The number of rotatable bonds is 3. The van der Waals surface area contributed by atoms with Gasteiger partial charge in [-0.25, -0.2) is 0 Å². The number of nitrogens with zero attached hydrogens (tertiary/aromatic N) is 1. The Morgan fingerprint density at radius 3 is 2.67 bits per heavy atom. The molecule has 0 spiro atoms. The Morgan fingerprint density at radius 2 is 1.93 bits per heavy atom. The topological polar surface area (TPSA) is 38.5 Å². The van der Waals surface area contributed by atoms with E-state index in [0.29, 0.717) is 6.54 Å². The molecule has 2 N–H and O–H groups in total. The number of para-hydroxylation sites is 1. The van der Waals surface area contributed by atoms with Gasteiger partial charge in [0, 0.05) is 18.8 Å². The Kier molecular flexibility index (Phi) is 3.59. The molecule has 0 amide bonds. The number of ether oxygens (including phenoxy) is 1. The van der Waals surface area contributed by atoms with Gasteiger partial charge in [0.15, 0.2) is 0 Å². The summed E-state index contributed by atoms with van der Waals surface area (Å²) in [6.07, 6.45) is 0.952. The van der Waals surface area contributed by atoms with Crippen molar-refractivity contribution in [2.24, 2.45) is 5.73 Å². The maximum Gasteiger partial charge on any atom is 0.0642 e. The maximum atomic E-state index is 5.62. The molecule has 0 atom stereocenters. The molecular formula is C12H18N2O. The lowest BCUT2D eigenvalue weighted by molar-refractivity contribution is 0.122. The second kappa shape index (κ2) is 5.14. The van der Waals surface area contributed by atoms with Crippen LogP contribution in [-0.4, -0.2) is 32.8 Å². The summed E-state index contributed by atoms with van der Waals surface area (Å²) in [4.78, 5) is 2.38. The summed E-state index contributed by atoms with van der Waals surface area (Å²) >= 11 is 0. The molecule has 15 heavy (non-hydrogen) atoms. The van der Waals surface area contributed by atoms with Crippen molar-refractivity contribution in [1.82, 2.24) is 0 Å². The Hall–Kier alpha value is -1.06. The molecule has 1 aromatic carbocycles. The second-order valence-electron chi connectivity index (χ2n) is 3.77. The first-order valence-corrected chi connectivity index (χ1v) is 5.52. The van der Waals surface area contributed by atoms with Crippen LogP contribution < -0.4 is 10.6 Å². The van der Waals surface area contributed by atoms with Gasteiger partial charge in [-0.1, -0.05) is 18.2 Å². The third-order valence-electron chi connectivity index (χ3n) is 2.76. The van der Waals surface area contributed by atoms with E-state index in [9.17, 15) is 0 Å². The molecule has 0 unspecified atom stereocenters. The third kappa shape index (κ3) is 2.49. The summed E-state index contributed by atoms with van der Waals surface area (Å²) in [7, 11) is 0. The van der Waals surface area contributed by atoms with Crippen LogP contribution in [0.15, 0.2) is 24.3 Å². The molecule has 1 aromatic rings. The monoisotopic (exact) mass is 206 g/mol. The highest BCUT2D eigenvalue weighted by Crippen LogP contribution is 2.21. The molecule has 0 bridgehead atoms. The first-order valence-electron chi connectivity index (χ1n) is 5.52. The van der Waals surface area contributed by atoms with Gasteiger partial charge in [0.1, 0.15) is 0 Å². The van der Waals surface area contributed by atoms with Crippen molar-refractivity contribution in [3.63, 3.8) is 0 Å². The molecular weight excluding hydrogens is 188 g/mol. The molecule has 3 nitrogen and oxygen atoms in total. The van der Waals surface area contributed by atoms with E-state index in [2.05, 4.69) is 29.2 Å². The third-order valence-corrected chi connectivity index (χ3v) is 2.76. The van der Waals surface area contributed by atoms with Crippen LogP contribution in [0.1, 0.15) is 5.56 Å². The smallest absolute Gasteiger partial charge is 0.0642 e. The zero-order valence-corrected chi connectivity index (χ0v) is 8.98. The molecule has 0 radical (unpaired) electrons. The highest BCUT2D eigenvalue weighted by atomic mass is 16.5. The Balaban J connectivity index is 2.17. The molecule has 1 aliphatic rings. The number of anilines is 1. The van der Waals surface area contributed by atoms with Gasteiger partial charge in [0.2, 0.25) is 0 Å². The van der Waals surface area contributed by atoms with Crippen molar-refractivity contribution in [3.05, 3.63) is 29.8 Å². The Labute approximate surface area is 90.8 Å². The van der Waals surface area contributed by atoms with E-state index in [1.165, 1.54) is 11.3 Å². The van der Waals surface area contributed by atoms with Gasteiger partial charge in [0.05, 0.1) is 13.2 Å². The van der Waals surface area contributed by atoms with E-state index in [1.54, 1.807) is 0 Å². The molecule has 0 aliphatic carbocycles. The van der Waals surface area contributed by atoms with E-state index in [4.69, 9.17) is 10.5 Å². The molecule has 0 aromatic heterocycles. The fourth-order valence-electron chi connectivity index (χ4n) is 1.99. The van der Waals surface area contributed by atoms with Crippen LogP contribution >= 0.6 is 0 Å². The molecule has 1 saturated heterocycles. The van der Waals surface area contributed by atoms with Crippen molar-refractivity contribution in [2.45, 2.75) is 6.42 Å². The van der Waals surface area contributed by atoms with Crippen molar-refractivity contribution in [3.8, 4) is 0 Å². The SMILES string of the molecule is NCCc1ccccc1N1CCOCC1. The highest BCUT2D eigenvalue weighted by molar-refractivity contribution is 5.54. The lowest BCUT2D eigenvalue weighted by atomic mass is 10.1. The van der Waals surface area contributed by atoms with Gasteiger partial charge < -0.3 is 15.4 Å². The minimum absolute atomic E-state index is 0.710. The first-order chi connectivity index (χ1) is 7.42. The van der Waals surface area contributed by atoms with E-state index < -0.39 is 0 Å². The van der Waals surface area contributed by atoms with Gasteiger partial charge >= 0.3 is 0 Å². The predicted molar refractivity (Wildman–Crippen MR) is 62.2 cm³/mol. The lowest BCUT2D eigenvalue weighted by Crippen LogP contribution is -2.36. The summed E-state index contributed by atoms with van der Waals surface area (Å²) in [5, 5.41) is 0. The van der Waals surface area contributed by atoms with Crippen molar-refractivity contribution in [2.75, 3.05) is 37.7 Å². The van der Waals surface area contributed by atoms with Crippen molar-refractivity contribution >= 4 is 5.69 Å². The second-order valence-corrected chi connectivity index (χ2v) is 3.77. The Bertz CT molecular complexity index is 308. The van der Waals surface area contributed by atoms with Crippen LogP contribution in [0.3, 0.4) is 0 Å². The van der Waals surface area contributed by atoms with Gasteiger partial charge in [0.25, 0.3) is 0 Å². The van der Waals surface area contributed by atoms with E-state index >= 15 is 0 Å². The maximum absolute atomic E-state index is 5.62. The first kappa shape index (κ1) is 10.5. The van der Waals surface area contributed by atoms with Gasteiger partial charge in [-0.05, 0) is 24.6 Å². The number of morpholine rings is 1. The lowest BCUT2D eigenvalue weighted by Gasteiger charge is -2.30. The van der Waals surface area contributed by atoms with Crippen LogP contribution in [0, 0.1) is 0 Å². The van der Waals surface area contributed by atoms with Crippen molar-refractivity contribution < 1.29 is 4.74 Å². The summed E-state index contributed by atoms with van der Waals surface area (Å²) in [6.45, 7) is 4.35. The normalized spacial score (nSPS) is 16.7.